The van der Waals surface area contributed by atoms with Gasteiger partial charge in [-0.15, -0.1) is 0 Å². The van der Waals surface area contributed by atoms with Gasteiger partial charge in [0.05, 0.1) is 29.3 Å². The maximum atomic E-state index is 12.9. The van der Waals surface area contributed by atoms with Gasteiger partial charge in [0, 0.05) is 90.3 Å². The van der Waals surface area contributed by atoms with E-state index in [1.807, 2.05) is 22.7 Å². The molecule has 0 unspecified atom stereocenters. The summed E-state index contributed by atoms with van der Waals surface area (Å²) in [5.74, 6) is 0.335. The average molecular weight is 572 g/mol. The van der Waals surface area contributed by atoms with E-state index in [0.29, 0.717) is 6.04 Å². The van der Waals surface area contributed by atoms with Gasteiger partial charge < -0.3 is 19.3 Å². The largest absolute Gasteiger partial charge is 0.383 e. The summed E-state index contributed by atoms with van der Waals surface area (Å²) in [7, 11) is 3.61. The summed E-state index contributed by atoms with van der Waals surface area (Å²) in [6.07, 6.45) is 7.46. The lowest BCUT2D eigenvalue weighted by Crippen LogP contribution is -2.52. The van der Waals surface area contributed by atoms with E-state index < -0.39 is 0 Å². The summed E-state index contributed by atoms with van der Waals surface area (Å²) in [5, 5.41) is 4.61. The Morgan fingerprint density at radius 1 is 1.05 bits per heavy atom. The number of fused-ring (bicyclic) bond motifs is 1. The Hall–Kier alpha value is -3.45. The van der Waals surface area contributed by atoms with Crippen molar-refractivity contribution in [1.29, 1.82) is 0 Å². The fourth-order valence-electron chi connectivity index (χ4n) is 7.01. The van der Waals surface area contributed by atoms with Gasteiger partial charge in [-0.1, -0.05) is 29.1 Å². The van der Waals surface area contributed by atoms with Gasteiger partial charge in [-0.3, -0.25) is 9.69 Å². The number of likely N-dealkylation sites (tertiary alicyclic amines) is 1. The molecule has 6 rings (SSSR count). The number of hydrogen-bond donors (Lipinski definition) is 0. The van der Waals surface area contributed by atoms with Crippen LogP contribution in [0.25, 0.3) is 21.5 Å². The molecule has 1 saturated carbocycles. The number of aromatic nitrogens is 2. The second-order valence-electron chi connectivity index (χ2n) is 12.2. The number of methoxy groups -OCH3 is 2. The van der Waals surface area contributed by atoms with Crippen molar-refractivity contribution in [2.24, 2.45) is 5.92 Å². The first-order valence-electron chi connectivity index (χ1n) is 15.2. The topological polar surface area (TPSA) is 66.9 Å². The minimum absolute atomic E-state index is 0.0808. The second-order valence-corrected chi connectivity index (χ2v) is 12.2. The van der Waals surface area contributed by atoms with E-state index in [2.05, 4.69) is 69.3 Å². The molecule has 9 nitrogen and oxygen atoms in total. The summed E-state index contributed by atoms with van der Waals surface area (Å²) >= 11 is 0. The van der Waals surface area contributed by atoms with Crippen LogP contribution in [-0.4, -0.2) is 97.5 Å². The molecular formula is C33H43N6O3+. The quantitative estimate of drug-likeness (QED) is 0.400. The molecule has 222 valence electrons. The van der Waals surface area contributed by atoms with Gasteiger partial charge >= 0.3 is 0 Å². The summed E-state index contributed by atoms with van der Waals surface area (Å²) in [6, 6.07) is 13.7. The van der Waals surface area contributed by atoms with E-state index in [-0.39, 0.29) is 23.5 Å². The number of rotatable bonds is 8. The van der Waals surface area contributed by atoms with Gasteiger partial charge in [0.15, 0.2) is 0 Å². The average Bonchev–Trinajstić information content (AvgIpc) is 3.46. The highest BCUT2D eigenvalue weighted by atomic mass is 16.5. The van der Waals surface area contributed by atoms with Crippen LogP contribution in [0, 0.1) is 12.5 Å². The fourth-order valence-corrected chi connectivity index (χ4v) is 7.01. The standard InChI is InChI=1S/C33H43N6O3/c1-24(23-41-3)36-13-10-33(42-4,11-14-36)28-7-5-25(6-8-28)27-21-31-30(9-12-35-39(31)22-27)37-15-17-38(18-16-37)32(40)26-19-29(20-26)34-2/h2,5-9,12,21-22,24,26,29H,10-11,13-20,23H2,1,3-4H3/q+1/t24-,26-,29-/m1/s1. The molecule has 1 amide bonds. The van der Waals surface area contributed by atoms with Crippen molar-refractivity contribution in [2.45, 2.75) is 50.3 Å². The van der Waals surface area contributed by atoms with Crippen molar-refractivity contribution in [3.8, 4) is 17.7 Å². The Kier molecular flexibility index (Phi) is 8.22. The van der Waals surface area contributed by atoms with Crippen LogP contribution in [0.15, 0.2) is 48.8 Å². The maximum absolute atomic E-state index is 12.9. The number of carbonyl (C=O) groups is 1. The molecule has 2 saturated heterocycles. The molecule has 42 heavy (non-hydrogen) atoms. The van der Waals surface area contributed by atoms with Crippen molar-refractivity contribution < 1.29 is 14.3 Å². The molecular weight excluding hydrogens is 528 g/mol. The molecule has 4 heterocycles. The van der Waals surface area contributed by atoms with Crippen LogP contribution in [0.4, 0.5) is 5.69 Å². The zero-order chi connectivity index (χ0) is 29.3. The molecule has 2 aliphatic heterocycles. The monoisotopic (exact) mass is 571 g/mol. The highest BCUT2D eigenvalue weighted by molar-refractivity contribution is 5.82. The van der Waals surface area contributed by atoms with Crippen LogP contribution in [0.2, 0.25) is 0 Å². The Morgan fingerprint density at radius 2 is 1.76 bits per heavy atom. The molecule has 0 radical (unpaired) electrons. The van der Waals surface area contributed by atoms with E-state index in [1.165, 1.54) is 5.56 Å². The summed E-state index contributed by atoms with van der Waals surface area (Å²) in [4.78, 5) is 23.6. The molecule has 3 aliphatic rings. The Balaban J connectivity index is 1.13. The predicted octanol–water partition coefficient (Wildman–Crippen LogP) is 4.36. The third-order valence-electron chi connectivity index (χ3n) is 9.86. The number of ether oxygens (including phenoxy) is 2. The van der Waals surface area contributed by atoms with Gasteiger partial charge in [0.1, 0.15) is 0 Å². The highest BCUT2D eigenvalue weighted by Gasteiger charge is 2.43. The van der Waals surface area contributed by atoms with Crippen LogP contribution in [0.5, 0.6) is 0 Å². The second kappa shape index (κ2) is 12.0. The summed E-state index contributed by atoms with van der Waals surface area (Å²) in [6.45, 7) is 13.4. The SMILES string of the molecule is C#[N+][C@H]1C[C@H](C(=O)N2CCN(c3ccnn4cc(-c5ccc(C6(OC)CCN([C@H](C)COC)CC6)cc5)cc34)CC2)C1. The summed E-state index contributed by atoms with van der Waals surface area (Å²) < 4.78 is 13.5. The van der Waals surface area contributed by atoms with Crippen LogP contribution >= 0.6 is 0 Å². The van der Waals surface area contributed by atoms with Crippen LogP contribution < -0.4 is 4.90 Å². The lowest BCUT2D eigenvalue weighted by molar-refractivity contribution is -0.138. The van der Waals surface area contributed by atoms with Crippen molar-refractivity contribution >= 4 is 17.1 Å². The normalized spacial score (nSPS) is 23.4. The van der Waals surface area contributed by atoms with Crippen LogP contribution in [0.3, 0.4) is 0 Å². The summed E-state index contributed by atoms with van der Waals surface area (Å²) in [5.41, 5.74) is 5.50. The van der Waals surface area contributed by atoms with Gasteiger partial charge in [-0.2, -0.15) is 5.10 Å². The Morgan fingerprint density at radius 3 is 2.40 bits per heavy atom. The molecule has 3 aromatic rings. The van der Waals surface area contributed by atoms with E-state index in [0.717, 1.165) is 93.9 Å². The number of anilines is 1. The molecule has 1 atom stereocenters. The Bertz CT molecular complexity index is 1420. The van der Waals surface area contributed by atoms with Crippen molar-refractivity contribution in [3.05, 3.63) is 59.2 Å². The van der Waals surface area contributed by atoms with Gasteiger partial charge in [-0.25, -0.2) is 4.52 Å². The molecule has 0 bridgehead atoms. The third-order valence-corrected chi connectivity index (χ3v) is 9.86. The molecule has 9 heteroatoms. The Labute approximate surface area is 248 Å². The lowest BCUT2D eigenvalue weighted by Gasteiger charge is -2.43. The number of hydrogen-bond acceptors (Lipinski definition) is 6. The number of piperazine rings is 1. The van der Waals surface area contributed by atoms with Crippen LogP contribution in [0.1, 0.15) is 38.2 Å². The number of benzene rings is 1. The van der Waals surface area contributed by atoms with E-state index in [9.17, 15) is 4.79 Å². The number of carbonyl (C=O) groups excluding carboxylic acids is 1. The highest BCUT2D eigenvalue weighted by Crippen LogP contribution is 2.38. The third kappa shape index (κ3) is 5.39. The van der Waals surface area contributed by atoms with Gasteiger partial charge in [-0.05, 0) is 43.0 Å². The van der Waals surface area contributed by atoms with Gasteiger partial charge in [0.2, 0.25) is 5.91 Å². The fraction of sp³-hybridized carbons (Fsp3) is 0.545. The molecule has 1 aromatic carbocycles. The molecule has 0 spiro atoms. The van der Waals surface area contributed by atoms with Gasteiger partial charge in [0.25, 0.3) is 12.6 Å². The first-order valence-corrected chi connectivity index (χ1v) is 15.2. The van der Waals surface area contributed by atoms with E-state index in [1.54, 1.807) is 7.11 Å². The first-order chi connectivity index (χ1) is 20.4. The molecule has 1 aliphatic carbocycles. The van der Waals surface area contributed by atoms with Crippen molar-refractivity contribution in [1.82, 2.24) is 19.4 Å². The number of piperidine rings is 1. The van der Waals surface area contributed by atoms with Crippen LogP contribution in [-0.2, 0) is 19.9 Å². The zero-order valence-electron chi connectivity index (χ0n) is 25.1. The zero-order valence-corrected chi connectivity index (χ0v) is 25.1. The minimum atomic E-state index is -0.258. The molecule has 2 aromatic heterocycles. The first kappa shape index (κ1) is 28.7. The number of nitrogens with zero attached hydrogens (tertiary/aromatic N) is 6. The molecule has 3 fully saturated rings. The van der Waals surface area contributed by atoms with Crippen molar-refractivity contribution in [2.75, 3.05) is 65.0 Å². The maximum Gasteiger partial charge on any atom is 0.273 e. The van der Waals surface area contributed by atoms with E-state index in [4.69, 9.17) is 16.0 Å². The smallest absolute Gasteiger partial charge is 0.273 e. The molecule has 0 N–H and O–H groups in total. The van der Waals surface area contributed by atoms with Crippen molar-refractivity contribution in [3.63, 3.8) is 0 Å². The number of amides is 1. The van der Waals surface area contributed by atoms with E-state index >= 15 is 0 Å². The lowest BCUT2D eigenvalue weighted by atomic mass is 9.79. The predicted molar refractivity (Wildman–Crippen MR) is 165 cm³/mol. The minimum Gasteiger partial charge on any atom is -0.383 e.